The second kappa shape index (κ2) is 8.39. The molecular formula is C17H19ClN2O3. The minimum atomic E-state index is -0.275. The van der Waals surface area contributed by atoms with E-state index >= 15 is 0 Å². The van der Waals surface area contributed by atoms with Gasteiger partial charge in [-0.25, -0.2) is 4.98 Å². The molecule has 0 bridgehead atoms. The third-order valence-corrected chi connectivity index (χ3v) is 3.16. The molecule has 1 aromatic heterocycles. The van der Waals surface area contributed by atoms with E-state index in [9.17, 15) is 4.79 Å². The Morgan fingerprint density at radius 3 is 2.65 bits per heavy atom. The fraction of sp³-hybridized carbons (Fsp3) is 0.294. The number of pyridine rings is 1. The molecule has 1 amide bonds. The van der Waals surface area contributed by atoms with Crippen molar-refractivity contribution in [2.75, 3.05) is 18.5 Å². The number of halogens is 1. The number of ether oxygens (including phenoxy) is 2. The zero-order valence-corrected chi connectivity index (χ0v) is 13.9. The summed E-state index contributed by atoms with van der Waals surface area (Å²) >= 11 is 5.77. The molecule has 0 fully saturated rings. The maximum absolute atomic E-state index is 12.3. The minimum absolute atomic E-state index is 0.275. The lowest BCUT2D eigenvalue weighted by Crippen LogP contribution is -2.13. The number of carbonyl (C=O) groups is 1. The summed E-state index contributed by atoms with van der Waals surface area (Å²) in [6.07, 6.45) is 2.38. The highest BCUT2D eigenvalue weighted by atomic mass is 35.5. The van der Waals surface area contributed by atoms with Gasteiger partial charge in [0.05, 0.1) is 18.2 Å². The largest absolute Gasteiger partial charge is 0.490 e. The van der Waals surface area contributed by atoms with Crippen molar-refractivity contribution in [2.45, 2.75) is 20.3 Å². The van der Waals surface area contributed by atoms with Gasteiger partial charge in [0.1, 0.15) is 5.82 Å². The molecule has 0 aliphatic carbocycles. The van der Waals surface area contributed by atoms with Crippen LogP contribution < -0.4 is 14.8 Å². The number of carbonyl (C=O) groups excluding carboxylic acids is 1. The fourth-order valence-electron chi connectivity index (χ4n) is 1.89. The highest BCUT2D eigenvalue weighted by Gasteiger charge is 2.12. The van der Waals surface area contributed by atoms with Gasteiger partial charge < -0.3 is 14.8 Å². The molecule has 0 spiro atoms. The van der Waals surface area contributed by atoms with Crippen molar-refractivity contribution < 1.29 is 14.3 Å². The lowest BCUT2D eigenvalue weighted by Gasteiger charge is -2.13. The van der Waals surface area contributed by atoms with Crippen LogP contribution in [0.2, 0.25) is 5.02 Å². The van der Waals surface area contributed by atoms with Crippen LogP contribution >= 0.6 is 11.6 Å². The van der Waals surface area contributed by atoms with Crippen LogP contribution in [-0.2, 0) is 0 Å². The van der Waals surface area contributed by atoms with Crippen molar-refractivity contribution in [3.63, 3.8) is 0 Å². The summed E-state index contributed by atoms with van der Waals surface area (Å²) in [7, 11) is 0. The Hall–Kier alpha value is -2.27. The Balaban J connectivity index is 2.16. The molecule has 0 aliphatic rings. The van der Waals surface area contributed by atoms with Gasteiger partial charge in [-0.15, -0.1) is 0 Å². The molecule has 1 aromatic carbocycles. The van der Waals surface area contributed by atoms with E-state index in [-0.39, 0.29) is 5.91 Å². The number of anilines is 1. The first-order valence-corrected chi connectivity index (χ1v) is 7.84. The van der Waals surface area contributed by atoms with Gasteiger partial charge in [0.2, 0.25) is 0 Å². The Bertz CT molecular complexity index is 659. The van der Waals surface area contributed by atoms with Crippen LogP contribution in [0, 0.1) is 0 Å². The van der Waals surface area contributed by atoms with Gasteiger partial charge in [-0.2, -0.15) is 0 Å². The average molecular weight is 335 g/mol. The van der Waals surface area contributed by atoms with Gasteiger partial charge in [-0.05, 0) is 43.7 Å². The summed E-state index contributed by atoms with van der Waals surface area (Å²) in [6, 6.07) is 8.41. The lowest BCUT2D eigenvalue weighted by atomic mass is 10.2. The molecular weight excluding hydrogens is 316 g/mol. The van der Waals surface area contributed by atoms with Crippen LogP contribution in [0.4, 0.5) is 5.82 Å². The molecule has 23 heavy (non-hydrogen) atoms. The van der Waals surface area contributed by atoms with E-state index in [0.29, 0.717) is 41.1 Å². The topological polar surface area (TPSA) is 60.5 Å². The predicted octanol–water partition coefficient (Wildman–Crippen LogP) is 4.17. The molecule has 0 atom stereocenters. The number of hydrogen-bond acceptors (Lipinski definition) is 4. The number of hydrogen-bond donors (Lipinski definition) is 1. The van der Waals surface area contributed by atoms with Crippen LogP contribution in [0.25, 0.3) is 0 Å². The van der Waals surface area contributed by atoms with Crippen molar-refractivity contribution >= 4 is 23.3 Å². The Labute approximate surface area is 140 Å². The first kappa shape index (κ1) is 17.1. The Morgan fingerprint density at radius 2 is 2.00 bits per heavy atom. The van der Waals surface area contributed by atoms with Crippen LogP contribution in [0.5, 0.6) is 11.5 Å². The van der Waals surface area contributed by atoms with Gasteiger partial charge >= 0.3 is 0 Å². The maximum Gasteiger partial charge on any atom is 0.256 e. The van der Waals surface area contributed by atoms with Gasteiger partial charge in [0.25, 0.3) is 5.91 Å². The molecule has 0 saturated heterocycles. The molecule has 2 rings (SSSR count). The Kier molecular flexibility index (Phi) is 6.23. The molecule has 122 valence electrons. The highest BCUT2D eigenvalue weighted by Crippen LogP contribution is 2.29. The molecule has 5 nitrogen and oxygen atoms in total. The quantitative estimate of drug-likeness (QED) is 0.825. The predicted molar refractivity (Wildman–Crippen MR) is 90.6 cm³/mol. The first-order chi connectivity index (χ1) is 11.1. The van der Waals surface area contributed by atoms with Gasteiger partial charge in [0, 0.05) is 11.8 Å². The highest BCUT2D eigenvalue weighted by molar-refractivity contribution is 6.30. The van der Waals surface area contributed by atoms with Crippen molar-refractivity contribution in [1.29, 1.82) is 0 Å². The van der Waals surface area contributed by atoms with E-state index in [1.54, 1.807) is 30.3 Å². The number of nitrogens with zero attached hydrogens (tertiary/aromatic N) is 1. The Morgan fingerprint density at radius 1 is 1.17 bits per heavy atom. The molecule has 6 heteroatoms. The van der Waals surface area contributed by atoms with Crippen molar-refractivity contribution in [3.8, 4) is 11.5 Å². The van der Waals surface area contributed by atoms with E-state index in [0.717, 1.165) is 6.42 Å². The average Bonchev–Trinajstić information content (AvgIpc) is 2.56. The minimum Gasteiger partial charge on any atom is -0.490 e. The van der Waals surface area contributed by atoms with Gasteiger partial charge in [0.15, 0.2) is 11.5 Å². The van der Waals surface area contributed by atoms with Crippen molar-refractivity contribution in [1.82, 2.24) is 4.98 Å². The number of benzene rings is 1. The van der Waals surface area contributed by atoms with Crippen LogP contribution in [0.3, 0.4) is 0 Å². The summed E-state index contributed by atoms with van der Waals surface area (Å²) in [5, 5.41) is 3.23. The molecule has 0 saturated carbocycles. The second-order valence-electron chi connectivity index (χ2n) is 4.76. The molecule has 0 aliphatic heterocycles. The van der Waals surface area contributed by atoms with E-state index in [1.807, 2.05) is 13.8 Å². The number of amides is 1. The molecule has 0 unspecified atom stereocenters. The lowest BCUT2D eigenvalue weighted by molar-refractivity contribution is 0.102. The number of aromatic nitrogens is 1. The van der Waals surface area contributed by atoms with Gasteiger partial charge in [-0.1, -0.05) is 18.5 Å². The second-order valence-corrected chi connectivity index (χ2v) is 5.20. The zero-order valence-electron chi connectivity index (χ0n) is 13.1. The van der Waals surface area contributed by atoms with E-state index in [1.165, 1.54) is 6.20 Å². The van der Waals surface area contributed by atoms with E-state index in [2.05, 4.69) is 10.3 Å². The summed E-state index contributed by atoms with van der Waals surface area (Å²) in [5.74, 6) is 1.35. The van der Waals surface area contributed by atoms with Crippen LogP contribution in [0.1, 0.15) is 30.6 Å². The normalized spacial score (nSPS) is 10.2. The standard InChI is InChI=1S/C17H19ClN2O3/c1-3-9-23-14-7-5-12(10-15(14)22-4-2)17(21)20-16-8-6-13(18)11-19-16/h5-8,10-11H,3-4,9H2,1-2H3,(H,19,20,21). The molecule has 1 heterocycles. The van der Waals surface area contributed by atoms with Crippen LogP contribution in [-0.4, -0.2) is 24.1 Å². The third-order valence-electron chi connectivity index (χ3n) is 2.94. The SMILES string of the molecule is CCCOc1ccc(C(=O)Nc2ccc(Cl)cn2)cc1OCC. The van der Waals surface area contributed by atoms with E-state index < -0.39 is 0 Å². The number of rotatable bonds is 7. The monoisotopic (exact) mass is 334 g/mol. The molecule has 2 aromatic rings. The van der Waals surface area contributed by atoms with Gasteiger partial charge in [-0.3, -0.25) is 4.79 Å². The number of nitrogens with one attached hydrogen (secondary N) is 1. The first-order valence-electron chi connectivity index (χ1n) is 7.46. The molecule has 0 radical (unpaired) electrons. The van der Waals surface area contributed by atoms with Crippen LogP contribution in [0.15, 0.2) is 36.5 Å². The summed E-state index contributed by atoms with van der Waals surface area (Å²) in [6.45, 7) is 5.00. The fourth-order valence-corrected chi connectivity index (χ4v) is 2.00. The molecule has 1 N–H and O–H groups in total. The third kappa shape index (κ3) is 4.86. The summed E-state index contributed by atoms with van der Waals surface area (Å²) < 4.78 is 11.2. The summed E-state index contributed by atoms with van der Waals surface area (Å²) in [4.78, 5) is 16.3. The van der Waals surface area contributed by atoms with E-state index in [4.69, 9.17) is 21.1 Å². The zero-order chi connectivity index (χ0) is 16.7. The van der Waals surface area contributed by atoms with Crippen molar-refractivity contribution in [2.24, 2.45) is 0 Å². The smallest absolute Gasteiger partial charge is 0.256 e. The van der Waals surface area contributed by atoms with Crippen molar-refractivity contribution in [3.05, 3.63) is 47.1 Å². The summed E-state index contributed by atoms with van der Waals surface area (Å²) in [5.41, 5.74) is 0.467. The maximum atomic E-state index is 12.3.